The average molecular weight is 436 g/mol. The average Bonchev–Trinajstić information content (AvgIpc) is 2.71. The molecule has 0 saturated heterocycles. The van der Waals surface area contributed by atoms with Crippen LogP contribution < -0.4 is 10.9 Å². The maximum atomic E-state index is 14.2. The fourth-order valence-electron chi connectivity index (χ4n) is 4.42. The molecule has 3 aromatic rings. The van der Waals surface area contributed by atoms with Gasteiger partial charge in [-0.05, 0) is 48.6 Å². The van der Waals surface area contributed by atoms with E-state index < -0.39 is 41.7 Å². The largest absolute Gasteiger partial charge is 0.505 e. The van der Waals surface area contributed by atoms with Crippen LogP contribution in [-0.4, -0.2) is 27.0 Å². The minimum absolute atomic E-state index is 0.0294. The van der Waals surface area contributed by atoms with E-state index in [-0.39, 0.29) is 28.8 Å². The summed E-state index contributed by atoms with van der Waals surface area (Å²) in [7, 11) is 0. The van der Waals surface area contributed by atoms with Crippen molar-refractivity contribution < 1.29 is 27.8 Å². The van der Waals surface area contributed by atoms with Crippen LogP contribution in [0.4, 0.5) is 23.2 Å². The molecule has 5 nitrogen and oxygen atoms in total. The molecule has 0 bridgehead atoms. The maximum absolute atomic E-state index is 14.2. The molecule has 0 saturated carbocycles. The third-order valence-electron chi connectivity index (χ3n) is 6.00. The Morgan fingerprint density at radius 2 is 1.94 bits per heavy atom. The molecule has 31 heavy (non-hydrogen) atoms. The fourth-order valence-corrected chi connectivity index (χ4v) is 4.42. The predicted octanol–water partition coefficient (Wildman–Crippen LogP) is 4.72. The van der Waals surface area contributed by atoms with Gasteiger partial charge < -0.3 is 20.5 Å². The number of H-pyrrole nitrogens is 1. The molecule has 0 fully saturated rings. The molecule has 0 aliphatic heterocycles. The molecule has 0 radical (unpaired) electrons. The number of alkyl halides is 3. The molecule has 0 amide bonds. The van der Waals surface area contributed by atoms with Gasteiger partial charge in [0.05, 0.1) is 11.6 Å². The number of aromatic hydroxyl groups is 1. The van der Waals surface area contributed by atoms with E-state index in [1.165, 1.54) is 18.2 Å². The lowest BCUT2D eigenvalue weighted by Gasteiger charge is -2.45. The number of hydrogen-bond donors (Lipinski definition) is 4. The van der Waals surface area contributed by atoms with Crippen LogP contribution in [0.3, 0.4) is 0 Å². The van der Waals surface area contributed by atoms with Gasteiger partial charge in [-0.25, -0.2) is 4.39 Å². The number of aromatic amines is 1. The Balaban J connectivity index is 1.94. The summed E-state index contributed by atoms with van der Waals surface area (Å²) in [5, 5.41) is 24.4. The van der Waals surface area contributed by atoms with Gasteiger partial charge in [0.25, 0.3) is 0 Å². The standard InChI is InChI=1S/C22H20F4N2O3/c1-2-11-10-21(31,22(24,25)26)20(13-6-8-14(23)19(30)18(11)13)28-16-5-3-4-15-12(16)7-9-17(29)27-15/h3-9,11,20,28,30-31H,2,10H2,1H3,(H,27,29)/t11?,20?,21-/m1/s1. The molecule has 164 valence electrons. The zero-order valence-corrected chi connectivity index (χ0v) is 16.4. The van der Waals surface area contributed by atoms with E-state index in [1.807, 2.05) is 0 Å². The topological polar surface area (TPSA) is 85.4 Å². The van der Waals surface area contributed by atoms with E-state index in [2.05, 4.69) is 10.3 Å². The molecule has 4 N–H and O–H groups in total. The molecular formula is C22H20F4N2O3. The highest BCUT2D eigenvalue weighted by Crippen LogP contribution is 2.55. The molecule has 1 aromatic heterocycles. The van der Waals surface area contributed by atoms with Crippen LogP contribution in [0.2, 0.25) is 0 Å². The van der Waals surface area contributed by atoms with E-state index >= 15 is 0 Å². The lowest BCUT2D eigenvalue weighted by atomic mass is 9.69. The van der Waals surface area contributed by atoms with Gasteiger partial charge >= 0.3 is 6.18 Å². The molecule has 1 aliphatic rings. The summed E-state index contributed by atoms with van der Waals surface area (Å²) in [5.74, 6) is -2.53. The summed E-state index contributed by atoms with van der Waals surface area (Å²) in [6.45, 7) is 1.62. The maximum Gasteiger partial charge on any atom is 0.419 e. The first-order valence-corrected chi connectivity index (χ1v) is 9.75. The number of phenols is 1. The number of phenolic OH excluding ortho intramolecular Hbond substituents is 1. The Morgan fingerprint density at radius 3 is 2.61 bits per heavy atom. The van der Waals surface area contributed by atoms with E-state index in [4.69, 9.17) is 0 Å². The normalized spacial score (nSPS) is 23.5. The van der Waals surface area contributed by atoms with Crippen LogP contribution in [0.25, 0.3) is 10.9 Å². The zero-order valence-electron chi connectivity index (χ0n) is 16.4. The number of aliphatic hydroxyl groups is 1. The first-order chi connectivity index (χ1) is 14.6. The van der Waals surface area contributed by atoms with E-state index in [1.54, 1.807) is 19.1 Å². The number of fused-ring (bicyclic) bond motifs is 2. The Kier molecular flexibility index (Phi) is 4.96. The summed E-state index contributed by atoms with van der Waals surface area (Å²) < 4.78 is 56.5. The number of hydrogen-bond acceptors (Lipinski definition) is 4. The van der Waals surface area contributed by atoms with Crippen LogP contribution in [-0.2, 0) is 0 Å². The van der Waals surface area contributed by atoms with Crippen molar-refractivity contribution in [3.8, 4) is 5.75 Å². The zero-order chi connectivity index (χ0) is 22.6. The molecule has 4 rings (SSSR count). The number of nitrogens with one attached hydrogen (secondary N) is 2. The molecule has 1 heterocycles. The molecule has 1 aliphatic carbocycles. The van der Waals surface area contributed by atoms with Crippen LogP contribution in [0.15, 0.2) is 47.3 Å². The van der Waals surface area contributed by atoms with Gasteiger partial charge in [0, 0.05) is 22.7 Å². The molecule has 2 unspecified atom stereocenters. The second-order valence-electron chi connectivity index (χ2n) is 7.80. The highest BCUT2D eigenvalue weighted by Gasteiger charge is 2.62. The lowest BCUT2D eigenvalue weighted by Crippen LogP contribution is -2.55. The third-order valence-corrected chi connectivity index (χ3v) is 6.00. The highest BCUT2D eigenvalue weighted by molar-refractivity contribution is 5.91. The lowest BCUT2D eigenvalue weighted by molar-refractivity contribution is -0.272. The molecule has 2 aromatic carbocycles. The Bertz CT molecular complexity index is 1210. The van der Waals surface area contributed by atoms with Gasteiger partial charge in [0.2, 0.25) is 5.56 Å². The quantitative estimate of drug-likeness (QED) is 0.448. The second kappa shape index (κ2) is 7.26. The smallest absolute Gasteiger partial charge is 0.419 e. The van der Waals surface area contributed by atoms with E-state index in [0.717, 1.165) is 12.1 Å². The van der Waals surface area contributed by atoms with Crippen molar-refractivity contribution in [2.75, 3.05) is 5.32 Å². The van der Waals surface area contributed by atoms with Gasteiger partial charge in [-0.15, -0.1) is 0 Å². The Labute approximate surface area is 174 Å². The van der Waals surface area contributed by atoms with Crippen molar-refractivity contribution in [1.29, 1.82) is 0 Å². The Morgan fingerprint density at radius 1 is 1.19 bits per heavy atom. The van der Waals surface area contributed by atoms with Crippen LogP contribution >= 0.6 is 0 Å². The predicted molar refractivity (Wildman–Crippen MR) is 108 cm³/mol. The number of rotatable bonds is 3. The highest BCUT2D eigenvalue weighted by atomic mass is 19.4. The fraction of sp³-hybridized carbons (Fsp3) is 0.318. The monoisotopic (exact) mass is 436 g/mol. The van der Waals surface area contributed by atoms with E-state index in [0.29, 0.717) is 10.9 Å². The number of anilines is 1. The summed E-state index contributed by atoms with van der Waals surface area (Å²) in [6.07, 6.45) is -5.57. The molecule has 0 spiro atoms. The van der Waals surface area contributed by atoms with Crippen molar-refractivity contribution in [3.63, 3.8) is 0 Å². The Hall–Kier alpha value is -3.07. The summed E-state index contributed by atoms with van der Waals surface area (Å²) >= 11 is 0. The third kappa shape index (κ3) is 3.33. The summed E-state index contributed by atoms with van der Waals surface area (Å²) in [4.78, 5) is 14.2. The minimum Gasteiger partial charge on any atom is -0.505 e. The van der Waals surface area contributed by atoms with Gasteiger partial charge in [-0.1, -0.05) is 19.1 Å². The van der Waals surface area contributed by atoms with Crippen molar-refractivity contribution in [2.24, 2.45) is 0 Å². The van der Waals surface area contributed by atoms with Crippen molar-refractivity contribution in [3.05, 3.63) is 69.8 Å². The van der Waals surface area contributed by atoms with Crippen LogP contribution in [0.1, 0.15) is 42.9 Å². The number of pyridine rings is 1. The van der Waals surface area contributed by atoms with E-state index in [9.17, 15) is 32.6 Å². The first kappa shape index (κ1) is 21.2. The van der Waals surface area contributed by atoms with Gasteiger partial charge in [0.1, 0.15) is 0 Å². The van der Waals surface area contributed by atoms with Crippen molar-refractivity contribution >= 4 is 16.6 Å². The van der Waals surface area contributed by atoms with Gasteiger partial charge in [0.15, 0.2) is 17.2 Å². The molecule has 9 heteroatoms. The molecular weight excluding hydrogens is 416 g/mol. The minimum atomic E-state index is -5.00. The number of aromatic nitrogens is 1. The number of halogens is 4. The first-order valence-electron chi connectivity index (χ1n) is 9.75. The second-order valence-corrected chi connectivity index (χ2v) is 7.80. The summed E-state index contributed by atoms with van der Waals surface area (Å²) in [6, 6.07) is 7.71. The number of benzene rings is 2. The SMILES string of the molecule is CCC1C[C@](O)(C(F)(F)F)C(Nc2cccc3[nH]c(=O)ccc23)c2ccc(F)c(O)c21. The van der Waals surface area contributed by atoms with Crippen molar-refractivity contribution in [1.82, 2.24) is 4.98 Å². The van der Waals surface area contributed by atoms with Crippen molar-refractivity contribution in [2.45, 2.75) is 43.5 Å². The molecule has 3 atom stereocenters. The van der Waals surface area contributed by atoms with Gasteiger partial charge in [-0.3, -0.25) is 4.79 Å². The van der Waals surface area contributed by atoms with Gasteiger partial charge in [-0.2, -0.15) is 13.2 Å². The van der Waals surface area contributed by atoms with Crippen LogP contribution in [0, 0.1) is 5.82 Å². The summed E-state index contributed by atoms with van der Waals surface area (Å²) in [5.41, 5.74) is -2.87. The van der Waals surface area contributed by atoms with Crippen LogP contribution in [0.5, 0.6) is 5.75 Å².